The lowest BCUT2D eigenvalue weighted by Gasteiger charge is -2.22. The summed E-state index contributed by atoms with van der Waals surface area (Å²) in [5.41, 5.74) is 4.50. The van der Waals surface area contributed by atoms with Crippen LogP contribution in [0.1, 0.15) is 43.9 Å². The zero-order valence-electron chi connectivity index (χ0n) is 22.0. The molecule has 0 saturated carbocycles. The summed E-state index contributed by atoms with van der Waals surface area (Å²) >= 11 is 0. The van der Waals surface area contributed by atoms with Gasteiger partial charge in [0.1, 0.15) is 5.75 Å². The molecule has 9 nitrogen and oxygen atoms in total. The van der Waals surface area contributed by atoms with E-state index in [1.807, 2.05) is 62.4 Å². The lowest BCUT2D eigenvalue weighted by atomic mass is 9.94. The van der Waals surface area contributed by atoms with Gasteiger partial charge in [0.05, 0.1) is 18.8 Å². The number of carboxylic acids is 1. The number of para-hydroxylation sites is 1. The van der Waals surface area contributed by atoms with Crippen LogP contribution in [0.4, 0.5) is 16.2 Å². The Morgan fingerprint density at radius 2 is 1.82 bits per heavy atom. The Bertz CT molecular complexity index is 1280. The van der Waals surface area contributed by atoms with E-state index >= 15 is 0 Å². The number of carbonyl (C=O) groups is 3. The van der Waals surface area contributed by atoms with Crippen LogP contribution in [0.5, 0.6) is 5.75 Å². The number of ether oxygens (including phenoxy) is 1. The summed E-state index contributed by atoms with van der Waals surface area (Å²) in [5, 5.41) is 21.0. The van der Waals surface area contributed by atoms with Gasteiger partial charge in [0.25, 0.3) is 0 Å². The molecular weight excluding hydrogens is 484 g/mol. The zero-order valence-corrected chi connectivity index (χ0v) is 22.0. The number of hydrogen-bond donors (Lipinski definition) is 5. The maximum absolute atomic E-state index is 12.6. The van der Waals surface area contributed by atoms with Crippen molar-refractivity contribution < 1.29 is 24.2 Å². The zero-order chi connectivity index (χ0) is 27.7. The third-order valence-electron chi connectivity index (χ3n) is 5.97. The van der Waals surface area contributed by atoms with Crippen molar-refractivity contribution in [3.05, 3.63) is 89.3 Å². The molecule has 2 aromatic carbocycles. The standard InChI is InChI=1S/C29H34N4O5/c1-18(15-27(35)36)14-23-16-21(9-7-13-30-23)28(31-20(3)34)22-11-12-25(26(17-22)38-4)33-29(37)32-24-10-6-5-8-19(24)2/h5-13,16-18,28,30H,14-15H2,1-4H3,(H,31,34)(H,35,36)(H2,32,33,37). The van der Waals surface area contributed by atoms with Crippen molar-refractivity contribution >= 4 is 29.3 Å². The van der Waals surface area contributed by atoms with Gasteiger partial charge < -0.3 is 31.1 Å². The van der Waals surface area contributed by atoms with Gasteiger partial charge in [-0.1, -0.05) is 37.3 Å². The second-order valence-electron chi connectivity index (χ2n) is 9.23. The molecule has 0 saturated heterocycles. The molecule has 5 N–H and O–H groups in total. The number of methoxy groups -OCH3 is 1. The molecule has 1 aliphatic rings. The van der Waals surface area contributed by atoms with E-state index in [4.69, 9.17) is 9.84 Å². The lowest BCUT2D eigenvalue weighted by Crippen LogP contribution is -2.27. The summed E-state index contributed by atoms with van der Waals surface area (Å²) in [6.45, 7) is 5.24. The first-order chi connectivity index (χ1) is 18.2. The van der Waals surface area contributed by atoms with E-state index < -0.39 is 18.0 Å². The van der Waals surface area contributed by atoms with E-state index in [1.165, 1.54) is 14.0 Å². The number of anilines is 2. The van der Waals surface area contributed by atoms with E-state index in [-0.39, 0.29) is 18.2 Å². The first-order valence-corrected chi connectivity index (χ1v) is 12.3. The molecule has 2 atom stereocenters. The predicted octanol–water partition coefficient (Wildman–Crippen LogP) is 5.25. The van der Waals surface area contributed by atoms with Crippen LogP contribution in [0.25, 0.3) is 0 Å². The minimum Gasteiger partial charge on any atom is -0.495 e. The minimum absolute atomic E-state index is 0.0555. The summed E-state index contributed by atoms with van der Waals surface area (Å²) < 4.78 is 5.57. The molecule has 0 bridgehead atoms. The van der Waals surface area contributed by atoms with Crippen molar-refractivity contribution in [3.63, 3.8) is 0 Å². The molecule has 0 aliphatic carbocycles. The van der Waals surface area contributed by atoms with Crippen LogP contribution in [-0.4, -0.2) is 30.1 Å². The molecule has 2 unspecified atom stereocenters. The first-order valence-electron chi connectivity index (χ1n) is 12.3. The average molecular weight is 519 g/mol. The molecule has 2 aromatic rings. The number of carbonyl (C=O) groups excluding carboxylic acids is 2. The Morgan fingerprint density at radius 1 is 1.08 bits per heavy atom. The Hall–Kier alpha value is -4.53. The Labute approximate surface area is 222 Å². The van der Waals surface area contributed by atoms with Crippen molar-refractivity contribution in [2.24, 2.45) is 5.92 Å². The van der Waals surface area contributed by atoms with Crippen molar-refractivity contribution in [1.82, 2.24) is 10.6 Å². The fraction of sp³-hybridized carbons (Fsp3) is 0.276. The number of benzene rings is 2. The molecule has 1 heterocycles. The first kappa shape index (κ1) is 28.0. The number of allylic oxidation sites excluding steroid dienone is 3. The summed E-state index contributed by atoms with van der Waals surface area (Å²) in [4.78, 5) is 35.9. The number of aliphatic carboxylic acids is 1. The van der Waals surface area contributed by atoms with Crippen LogP contribution in [0.3, 0.4) is 0 Å². The van der Waals surface area contributed by atoms with Crippen molar-refractivity contribution in [3.8, 4) is 5.75 Å². The van der Waals surface area contributed by atoms with Gasteiger partial charge in [0, 0.05) is 30.9 Å². The normalized spacial score (nSPS) is 14.1. The van der Waals surface area contributed by atoms with Crippen LogP contribution < -0.4 is 26.0 Å². The number of hydrogen-bond acceptors (Lipinski definition) is 5. The Kier molecular flexibility index (Phi) is 9.70. The van der Waals surface area contributed by atoms with E-state index in [0.717, 1.165) is 22.4 Å². The molecule has 9 heteroatoms. The van der Waals surface area contributed by atoms with Crippen molar-refractivity contribution in [1.29, 1.82) is 0 Å². The lowest BCUT2D eigenvalue weighted by molar-refractivity contribution is -0.138. The summed E-state index contributed by atoms with van der Waals surface area (Å²) in [6, 6.07) is 11.9. The summed E-state index contributed by atoms with van der Waals surface area (Å²) in [6.07, 6.45) is 8.00. The van der Waals surface area contributed by atoms with Gasteiger partial charge in [-0.2, -0.15) is 0 Å². The Morgan fingerprint density at radius 3 is 2.50 bits per heavy atom. The highest BCUT2D eigenvalue weighted by atomic mass is 16.5. The topological polar surface area (TPSA) is 129 Å². The minimum atomic E-state index is -0.845. The molecule has 3 rings (SSSR count). The monoisotopic (exact) mass is 518 g/mol. The molecule has 0 radical (unpaired) electrons. The average Bonchev–Trinajstić information content (AvgIpc) is 3.09. The molecule has 0 fully saturated rings. The van der Waals surface area contributed by atoms with Gasteiger partial charge in [-0.25, -0.2) is 4.79 Å². The maximum atomic E-state index is 12.6. The third kappa shape index (κ3) is 7.99. The Balaban J connectivity index is 1.86. The van der Waals surface area contributed by atoms with Crippen LogP contribution >= 0.6 is 0 Å². The quantitative estimate of drug-likeness (QED) is 0.292. The van der Waals surface area contributed by atoms with E-state index in [9.17, 15) is 14.4 Å². The number of urea groups is 1. The van der Waals surface area contributed by atoms with Crippen LogP contribution in [0.15, 0.2) is 78.2 Å². The second-order valence-corrected chi connectivity index (χ2v) is 9.23. The van der Waals surface area contributed by atoms with E-state index in [0.29, 0.717) is 23.5 Å². The number of nitrogens with one attached hydrogen (secondary N) is 4. The second kappa shape index (κ2) is 13.1. The van der Waals surface area contributed by atoms with E-state index in [2.05, 4.69) is 21.3 Å². The van der Waals surface area contributed by atoms with Crippen molar-refractivity contribution in [2.75, 3.05) is 17.7 Å². The van der Waals surface area contributed by atoms with Gasteiger partial charge in [-0.15, -0.1) is 0 Å². The molecule has 38 heavy (non-hydrogen) atoms. The highest BCUT2D eigenvalue weighted by molar-refractivity contribution is 6.01. The number of aryl methyl sites for hydroxylation is 1. The molecule has 0 aromatic heterocycles. The SMILES string of the molecule is COc1cc(C(NC(C)=O)C2=CC=CNC(CC(C)CC(=O)O)=C2)ccc1NC(=O)Nc1ccccc1C. The van der Waals surface area contributed by atoms with Gasteiger partial charge in [0.15, 0.2) is 0 Å². The fourth-order valence-corrected chi connectivity index (χ4v) is 4.19. The van der Waals surface area contributed by atoms with Crippen molar-refractivity contribution in [2.45, 2.75) is 39.7 Å². The van der Waals surface area contributed by atoms with Gasteiger partial charge in [-0.05, 0) is 66.3 Å². The van der Waals surface area contributed by atoms with Gasteiger partial charge >= 0.3 is 12.0 Å². The highest BCUT2D eigenvalue weighted by Gasteiger charge is 2.21. The summed E-state index contributed by atoms with van der Waals surface area (Å²) in [5.74, 6) is -0.706. The summed E-state index contributed by atoms with van der Waals surface area (Å²) in [7, 11) is 1.51. The van der Waals surface area contributed by atoms with Crippen LogP contribution in [0.2, 0.25) is 0 Å². The molecule has 0 spiro atoms. The van der Waals surface area contributed by atoms with Gasteiger partial charge in [-0.3, -0.25) is 9.59 Å². The van der Waals surface area contributed by atoms with Crippen LogP contribution in [0, 0.1) is 12.8 Å². The van der Waals surface area contributed by atoms with Gasteiger partial charge in [0.2, 0.25) is 5.91 Å². The molecular formula is C29H34N4O5. The number of rotatable bonds is 10. The van der Waals surface area contributed by atoms with E-state index in [1.54, 1.807) is 18.3 Å². The molecule has 1 aliphatic heterocycles. The maximum Gasteiger partial charge on any atom is 0.323 e. The smallest absolute Gasteiger partial charge is 0.323 e. The highest BCUT2D eigenvalue weighted by Crippen LogP contribution is 2.33. The largest absolute Gasteiger partial charge is 0.495 e. The fourth-order valence-electron chi connectivity index (χ4n) is 4.19. The van der Waals surface area contributed by atoms with Crippen LogP contribution in [-0.2, 0) is 9.59 Å². The molecule has 3 amide bonds. The number of carboxylic acid groups (broad SMARTS) is 1. The third-order valence-corrected chi connectivity index (χ3v) is 5.97. The number of amides is 3. The molecule has 200 valence electrons. The predicted molar refractivity (Wildman–Crippen MR) is 148 cm³/mol.